The lowest BCUT2D eigenvalue weighted by Crippen LogP contribution is -2.29. The molecule has 168 valence electrons. The normalized spacial score (nSPS) is 12.7. The summed E-state index contributed by atoms with van der Waals surface area (Å²) in [5, 5.41) is 9.63. The van der Waals surface area contributed by atoms with Crippen molar-refractivity contribution < 1.29 is 5.11 Å². The second kappa shape index (κ2) is 8.62. The Morgan fingerprint density at radius 3 is 2.33 bits per heavy atom. The summed E-state index contributed by atoms with van der Waals surface area (Å²) in [4.78, 5) is 22.2. The van der Waals surface area contributed by atoms with Gasteiger partial charge in [-0.1, -0.05) is 50.2 Å². The minimum absolute atomic E-state index is 0.0570. The highest BCUT2D eigenvalue weighted by molar-refractivity contribution is 5.77. The van der Waals surface area contributed by atoms with Crippen molar-refractivity contribution in [1.82, 2.24) is 19.1 Å². The van der Waals surface area contributed by atoms with E-state index in [2.05, 4.69) is 18.8 Å². The van der Waals surface area contributed by atoms with Crippen molar-refractivity contribution in [3.63, 3.8) is 0 Å². The summed E-state index contributed by atoms with van der Waals surface area (Å²) in [5.74, 6) is 1.54. The second-order valence-corrected chi connectivity index (χ2v) is 9.02. The maximum Gasteiger partial charge on any atom is 0.330 e. The number of nitrogens with zero attached hydrogens (tertiary/aromatic N) is 3. The van der Waals surface area contributed by atoms with Crippen LogP contribution in [0.2, 0.25) is 0 Å². The Labute approximate surface area is 192 Å². The molecule has 0 aliphatic heterocycles. The van der Waals surface area contributed by atoms with Gasteiger partial charge in [0.05, 0.1) is 34.7 Å². The molecular weight excluding hydrogens is 412 g/mol. The number of fused-ring (bicyclic) bond motifs is 2. The van der Waals surface area contributed by atoms with E-state index < -0.39 is 0 Å². The summed E-state index contributed by atoms with van der Waals surface area (Å²) in [6, 6.07) is 22.7. The number of hydrogen-bond donors (Lipinski definition) is 2. The molecule has 0 saturated carbocycles. The Morgan fingerprint density at radius 1 is 0.909 bits per heavy atom. The fraction of sp³-hybridized carbons (Fsp3) is 0.259. The molecule has 0 saturated heterocycles. The molecule has 33 heavy (non-hydrogen) atoms. The maximum atomic E-state index is 13.9. The summed E-state index contributed by atoms with van der Waals surface area (Å²) in [5.41, 5.74) is 4.57. The molecule has 0 aliphatic carbocycles. The quantitative estimate of drug-likeness (QED) is 0.353. The third-order valence-corrected chi connectivity index (χ3v) is 6.20. The molecule has 2 N–H and O–H groups in total. The predicted molar refractivity (Wildman–Crippen MR) is 132 cm³/mol. The van der Waals surface area contributed by atoms with Crippen molar-refractivity contribution in [2.75, 3.05) is 0 Å². The van der Waals surface area contributed by atoms with E-state index in [-0.39, 0.29) is 17.5 Å². The van der Waals surface area contributed by atoms with Gasteiger partial charge >= 0.3 is 5.69 Å². The predicted octanol–water partition coefficient (Wildman–Crippen LogP) is 5.46. The summed E-state index contributed by atoms with van der Waals surface area (Å²) < 4.78 is 3.71. The van der Waals surface area contributed by atoms with Crippen LogP contribution in [0.1, 0.15) is 44.1 Å². The lowest BCUT2D eigenvalue weighted by molar-refractivity contribution is 0.443. The van der Waals surface area contributed by atoms with Gasteiger partial charge in [0.2, 0.25) is 0 Å². The summed E-state index contributed by atoms with van der Waals surface area (Å²) in [7, 11) is 0. The molecule has 0 fully saturated rings. The third kappa shape index (κ3) is 4.04. The Morgan fingerprint density at radius 2 is 1.61 bits per heavy atom. The largest absolute Gasteiger partial charge is 0.508 e. The lowest BCUT2D eigenvalue weighted by atomic mass is 10.0. The summed E-state index contributed by atoms with van der Waals surface area (Å²) in [6.45, 7) is 4.84. The smallest absolute Gasteiger partial charge is 0.330 e. The molecule has 5 rings (SSSR count). The van der Waals surface area contributed by atoms with Gasteiger partial charge in [-0.05, 0) is 60.7 Å². The highest BCUT2D eigenvalue weighted by Crippen LogP contribution is 2.28. The van der Waals surface area contributed by atoms with Gasteiger partial charge in [-0.3, -0.25) is 9.13 Å². The minimum Gasteiger partial charge on any atom is -0.508 e. The summed E-state index contributed by atoms with van der Waals surface area (Å²) in [6.07, 6.45) is 1.79. The summed E-state index contributed by atoms with van der Waals surface area (Å²) >= 11 is 0. The molecule has 2 aromatic heterocycles. The lowest BCUT2D eigenvalue weighted by Gasteiger charge is -2.18. The Kier molecular flexibility index (Phi) is 5.50. The van der Waals surface area contributed by atoms with Gasteiger partial charge in [0.1, 0.15) is 11.6 Å². The number of phenols is 1. The van der Waals surface area contributed by atoms with Gasteiger partial charge in [0.25, 0.3) is 0 Å². The Bertz CT molecular complexity index is 1420. The van der Waals surface area contributed by atoms with Gasteiger partial charge in [0.15, 0.2) is 0 Å². The van der Waals surface area contributed by atoms with E-state index in [0.29, 0.717) is 12.5 Å². The molecule has 1 unspecified atom stereocenters. The first kappa shape index (κ1) is 21.1. The zero-order valence-electron chi connectivity index (χ0n) is 18.9. The van der Waals surface area contributed by atoms with Crippen molar-refractivity contribution in [3.8, 4) is 5.75 Å². The number of imidazole rings is 2. The monoisotopic (exact) mass is 440 g/mol. The number of H-pyrrole nitrogens is 1. The van der Waals surface area contributed by atoms with Crippen LogP contribution in [-0.2, 0) is 6.54 Å². The molecule has 5 aromatic rings. The van der Waals surface area contributed by atoms with Crippen LogP contribution in [0.15, 0.2) is 77.6 Å². The first-order valence-corrected chi connectivity index (χ1v) is 11.4. The number of hydrogen-bond acceptors (Lipinski definition) is 3. The average Bonchev–Trinajstić information content (AvgIpc) is 3.35. The second-order valence-electron chi connectivity index (χ2n) is 9.02. The molecule has 0 radical (unpaired) electrons. The van der Waals surface area contributed by atoms with Crippen molar-refractivity contribution in [3.05, 3.63) is 94.7 Å². The number of benzene rings is 3. The maximum absolute atomic E-state index is 13.9. The van der Waals surface area contributed by atoms with E-state index in [1.165, 1.54) is 0 Å². The van der Waals surface area contributed by atoms with Crippen LogP contribution in [0.3, 0.4) is 0 Å². The molecule has 0 bridgehead atoms. The fourth-order valence-corrected chi connectivity index (χ4v) is 4.48. The fourth-order valence-electron chi connectivity index (χ4n) is 4.48. The third-order valence-electron chi connectivity index (χ3n) is 6.20. The van der Waals surface area contributed by atoms with Crippen molar-refractivity contribution >= 4 is 22.1 Å². The molecule has 2 heterocycles. The number of aromatic nitrogens is 4. The molecule has 0 amide bonds. The molecule has 0 aliphatic rings. The van der Waals surface area contributed by atoms with Crippen LogP contribution in [0, 0.1) is 5.92 Å². The number of phenolic OH excluding ortho intramolecular Hbond substituents is 1. The van der Waals surface area contributed by atoms with Crippen LogP contribution >= 0.6 is 0 Å². The molecule has 3 aromatic carbocycles. The molecular formula is C27H28N4O2. The van der Waals surface area contributed by atoms with Crippen LogP contribution in [-0.4, -0.2) is 24.2 Å². The van der Waals surface area contributed by atoms with Crippen LogP contribution < -0.4 is 5.69 Å². The van der Waals surface area contributed by atoms with Crippen molar-refractivity contribution in [2.24, 2.45) is 5.92 Å². The van der Waals surface area contributed by atoms with Gasteiger partial charge in [-0.25, -0.2) is 9.78 Å². The average molecular weight is 441 g/mol. The van der Waals surface area contributed by atoms with E-state index in [1.807, 2.05) is 69.8 Å². The first-order chi connectivity index (χ1) is 16.0. The van der Waals surface area contributed by atoms with Crippen LogP contribution in [0.5, 0.6) is 5.75 Å². The molecule has 6 heteroatoms. The van der Waals surface area contributed by atoms with Crippen molar-refractivity contribution in [1.29, 1.82) is 0 Å². The minimum atomic E-state index is -0.196. The zero-order valence-corrected chi connectivity index (χ0v) is 18.9. The van der Waals surface area contributed by atoms with E-state index >= 15 is 0 Å². The van der Waals surface area contributed by atoms with E-state index in [0.717, 1.165) is 46.3 Å². The highest BCUT2D eigenvalue weighted by Gasteiger charge is 2.25. The number of rotatable bonds is 7. The van der Waals surface area contributed by atoms with Gasteiger partial charge in [0, 0.05) is 0 Å². The van der Waals surface area contributed by atoms with Crippen LogP contribution in [0.4, 0.5) is 0 Å². The van der Waals surface area contributed by atoms with Gasteiger partial charge in [-0.2, -0.15) is 0 Å². The molecule has 6 nitrogen and oxygen atoms in total. The zero-order chi connectivity index (χ0) is 22.9. The van der Waals surface area contributed by atoms with E-state index in [9.17, 15) is 9.90 Å². The standard InChI is InChI=1S/C27H28N4O2/c1-18(2)11-16-25(26-28-21-7-3-4-8-22(21)29-26)31-24-10-6-5-9-23(24)30(27(31)33)17-19-12-14-20(32)15-13-19/h3-10,12-15,18,25,32H,11,16-17H2,1-2H3,(H,28,29). The number of aromatic hydroxyl groups is 1. The van der Waals surface area contributed by atoms with E-state index in [1.54, 1.807) is 12.1 Å². The number of nitrogens with one attached hydrogen (secondary N) is 1. The van der Waals surface area contributed by atoms with Crippen LogP contribution in [0.25, 0.3) is 22.1 Å². The van der Waals surface area contributed by atoms with Gasteiger partial charge < -0.3 is 10.1 Å². The SMILES string of the molecule is CC(C)CCC(c1nc2ccccc2[nH]1)n1c(=O)n(Cc2ccc(O)cc2)c2ccccc21. The number of para-hydroxylation sites is 4. The molecule has 0 spiro atoms. The molecule has 1 atom stereocenters. The Hall–Kier alpha value is -3.80. The van der Waals surface area contributed by atoms with Gasteiger partial charge in [-0.15, -0.1) is 0 Å². The topological polar surface area (TPSA) is 75.8 Å². The highest BCUT2D eigenvalue weighted by atomic mass is 16.3. The van der Waals surface area contributed by atoms with Crippen molar-refractivity contribution in [2.45, 2.75) is 39.3 Å². The number of aromatic amines is 1. The Balaban J connectivity index is 1.67. The first-order valence-electron chi connectivity index (χ1n) is 11.4. The van der Waals surface area contributed by atoms with E-state index in [4.69, 9.17) is 4.98 Å².